The molecule has 2 N–H and O–H groups in total. The van der Waals surface area contributed by atoms with E-state index in [1.807, 2.05) is 13.0 Å². The second-order valence-corrected chi connectivity index (χ2v) is 6.77. The number of amides is 1. The summed E-state index contributed by atoms with van der Waals surface area (Å²) in [5.41, 5.74) is 3.82. The van der Waals surface area contributed by atoms with Gasteiger partial charge in [-0.3, -0.25) is 9.97 Å². The normalized spacial score (nSPS) is 10.9. The summed E-state index contributed by atoms with van der Waals surface area (Å²) in [6, 6.07) is 9.22. The summed E-state index contributed by atoms with van der Waals surface area (Å²) in [6.07, 6.45) is 3.13. The minimum atomic E-state index is -0.414. The van der Waals surface area contributed by atoms with Crippen molar-refractivity contribution in [3.05, 3.63) is 65.3 Å². The Labute approximate surface area is 170 Å². The lowest BCUT2D eigenvalue weighted by Gasteiger charge is -2.12. The molecular weight excluding hydrogens is 395 g/mol. The predicted octanol–water partition coefficient (Wildman–Crippen LogP) is 4.53. The second kappa shape index (κ2) is 7.48. The topological polar surface area (TPSA) is 84.7 Å². The molecule has 4 rings (SSSR count). The number of hydrogen-bond acceptors (Lipinski definition) is 5. The molecule has 4 aromatic rings. The first kappa shape index (κ1) is 18.8. The Kier molecular flexibility index (Phi) is 4.85. The maximum atomic E-state index is 14.3. The van der Waals surface area contributed by atoms with E-state index in [1.165, 1.54) is 36.1 Å². The van der Waals surface area contributed by atoms with E-state index in [9.17, 15) is 9.18 Å². The Morgan fingerprint density at radius 1 is 1.21 bits per heavy atom. The van der Waals surface area contributed by atoms with Crippen molar-refractivity contribution in [3.63, 3.8) is 0 Å². The van der Waals surface area contributed by atoms with E-state index >= 15 is 0 Å². The molecular formula is C20H16ClFN6O. The van der Waals surface area contributed by atoms with Crippen molar-refractivity contribution in [2.75, 3.05) is 12.4 Å². The maximum absolute atomic E-state index is 14.3. The van der Waals surface area contributed by atoms with Crippen LogP contribution < -0.4 is 10.6 Å². The van der Waals surface area contributed by atoms with Crippen LogP contribution in [0.1, 0.15) is 5.69 Å². The number of fused-ring (bicyclic) bond motifs is 1. The van der Waals surface area contributed by atoms with Crippen LogP contribution in [0, 0.1) is 12.7 Å². The molecule has 0 bridgehead atoms. The minimum absolute atomic E-state index is 0.305. The summed E-state index contributed by atoms with van der Waals surface area (Å²) in [4.78, 5) is 20.8. The molecule has 0 aliphatic heterocycles. The lowest BCUT2D eigenvalue weighted by Crippen LogP contribution is -2.25. The van der Waals surface area contributed by atoms with Crippen LogP contribution in [0.15, 0.2) is 48.8 Å². The highest BCUT2D eigenvalue weighted by Crippen LogP contribution is 2.30. The molecule has 1 aromatic carbocycles. The van der Waals surface area contributed by atoms with Gasteiger partial charge in [-0.25, -0.2) is 9.18 Å². The predicted molar refractivity (Wildman–Crippen MR) is 110 cm³/mol. The smallest absolute Gasteiger partial charge is 0.342 e. The number of hydrogen-bond donors (Lipinski definition) is 2. The van der Waals surface area contributed by atoms with Gasteiger partial charge in [0.25, 0.3) is 0 Å². The van der Waals surface area contributed by atoms with E-state index in [4.69, 9.17) is 11.6 Å². The van der Waals surface area contributed by atoms with Gasteiger partial charge in [0.2, 0.25) is 0 Å². The Morgan fingerprint density at radius 3 is 2.83 bits per heavy atom. The van der Waals surface area contributed by atoms with E-state index < -0.39 is 5.82 Å². The number of aromatic nitrogens is 4. The van der Waals surface area contributed by atoms with Crippen molar-refractivity contribution < 1.29 is 9.18 Å². The quantitative estimate of drug-likeness (QED) is 0.518. The van der Waals surface area contributed by atoms with Gasteiger partial charge in [0.1, 0.15) is 16.9 Å². The first-order chi connectivity index (χ1) is 14.0. The molecule has 3 heterocycles. The maximum Gasteiger partial charge on any atom is 0.342 e. The third-order valence-corrected chi connectivity index (χ3v) is 4.54. The minimum Gasteiger partial charge on any atom is -0.354 e. The molecule has 146 valence electrons. The summed E-state index contributed by atoms with van der Waals surface area (Å²) in [5.74, 6) is -0.414. The fourth-order valence-electron chi connectivity index (χ4n) is 3.05. The molecule has 7 nitrogen and oxygen atoms in total. The zero-order valence-corrected chi connectivity index (χ0v) is 16.3. The zero-order chi connectivity index (χ0) is 20.5. The van der Waals surface area contributed by atoms with Crippen molar-refractivity contribution in [2.24, 2.45) is 0 Å². The van der Waals surface area contributed by atoms with Crippen molar-refractivity contribution in [3.8, 4) is 11.3 Å². The van der Waals surface area contributed by atoms with Crippen LogP contribution in [0.5, 0.6) is 0 Å². The Morgan fingerprint density at radius 2 is 2.03 bits per heavy atom. The largest absolute Gasteiger partial charge is 0.354 e. The van der Waals surface area contributed by atoms with Gasteiger partial charge in [-0.15, -0.1) is 0 Å². The summed E-state index contributed by atoms with van der Waals surface area (Å²) in [6.45, 7) is 1.81. The number of rotatable bonds is 3. The van der Waals surface area contributed by atoms with Crippen molar-refractivity contribution >= 4 is 40.0 Å². The lowest BCUT2D eigenvalue weighted by molar-refractivity contribution is 0.242. The van der Waals surface area contributed by atoms with Crippen molar-refractivity contribution in [2.45, 2.75) is 6.92 Å². The number of pyridine rings is 2. The van der Waals surface area contributed by atoms with Crippen LogP contribution in [0.25, 0.3) is 22.3 Å². The molecule has 0 spiro atoms. The number of nitrogens with one attached hydrogen (secondary N) is 2. The number of aryl methyl sites for hydroxylation is 1. The van der Waals surface area contributed by atoms with Crippen molar-refractivity contribution in [1.29, 1.82) is 0 Å². The SMILES string of the molecule is CNC(=O)n1ncc2nccc(Nc3cc(C)nc(-c4cc(Cl)ccc4F)c3)c21. The number of benzene rings is 1. The third kappa shape index (κ3) is 3.62. The van der Waals surface area contributed by atoms with Gasteiger partial charge >= 0.3 is 6.03 Å². The summed E-state index contributed by atoms with van der Waals surface area (Å²) in [5, 5.41) is 10.3. The molecule has 0 atom stereocenters. The van der Waals surface area contributed by atoms with Crippen LogP contribution in [0.3, 0.4) is 0 Å². The molecule has 0 radical (unpaired) electrons. The highest BCUT2D eigenvalue weighted by atomic mass is 35.5. The monoisotopic (exact) mass is 410 g/mol. The Hall–Kier alpha value is -3.52. The Bertz CT molecular complexity index is 1240. The van der Waals surface area contributed by atoms with Crippen LogP contribution in [0.4, 0.5) is 20.6 Å². The first-order valence-electron chi connectivity index (χ1n) is 8.72. The molecule has 1 amide bonds. The zero-order valence-electron chi connectivity index (χ0n) is 15.6. The molecule has 0 aliphatic rings. The fraction of sp³-hybridized carbons (Fsp3) is 0.100. The second-order valence-electron chi connectivity index (χ2n) is 6.34. The summed E-state index contributed by atoms with van der Waals surface area (Å²) >= 11 is 6.03. The van der Waals surface area contributed by atoms with Crippen LogP contribution in [0.2, 0.25) is 5.02 Å². The number of carbonyl (C=O) groups is 1. The molecule has 0 saturated carbocycles. The van der Waals surface area contributed by atoms with Gasteiger partial charge in [0.05, 0.1) is 17.6 Å². The van der Waals surface area contributed by atoms with Crippen LogP contribution >= 0.6 is 11.6 Å². The molecule has 0 unspecified atom stereocenters. The molecule has 0 aliphatic carbocycles. The third-order valence-electron chi connectivity index (χ3n) is 4.30. The average Bonchev–Trinajstić information content (AvgIpc) is 3.14. The van der Waals surface area contributed by atoms with Gasteiger partial charge in [-0.2, -0.15) is 9.78 Å². The van der Waals surface area contributed by atoms with E-state index in [0.29, 0.717) is 44.4 Å². The number of anilines is 2. The van der Waals surface area contributed by atoms with Gasteiger partial charge < -0.3 is 10.6 Å². The van der Waals surface area contributed by atoms with Gasteiger partial charge in [-0.05, 0) is 43.3 Å². The standard InChI is InChI=1S/C20H16ClFN6O/c1-11-7-13(9-17(26-11)14-8-12(21)3-4-15(14)22)27-16-5-6-24-18-10-25-28(19(16)18)20(29)23-2/h3-10H,1-2H3,(H,23,29)(H,24,26,27). The average molecular weight is 411 g/mol. The lowest BCUT2D eigenvalue weighted by atomic mass is 10.1. The van der Waals surface area contributed by atoms with E-state index in [-0.39, 0.29) is 6.03 Å². The van der Waals surface area contributed by atoms with Crippen LogP contribution in [-0.4, -0.2) is 32.8 Å². The van der Waals surface area contributed by atoms with Gasteiger partial charge in [0, 0.05) is 35.2 Å². The molecule has 9 heteroatoms. The molecule has 0 saturated heterocycles. The number of nitrogens with zero attached hydrogens (tertiary/aromatic N) is 4. The van der Waals surface area contributed by atoms with Crippen molar-refractivity contribution in [1.82, 2.24) is 25.1 Å². The molecule has 3 aromatic heterocycles. The molecule has 29 heavy (non-hydrogen) atoms. The highest BCUT2D eigenvalue weighted by molar-refractivity contribution is 6.30. The molecule has 0 fully saturated rings. The fourth-order valence-corrected chi connectivity index (χ4v) is 3.22. The summed E-state index contributed by atoms with van der Waals surface area (Å²) in [7, 11) is 1.53. The first-order valence-corrected chi connectivity index (χ1v) is 9.10. The van der Waals surface area contributed by atoms with Gasteiger partial charge in [0.15, 0.2) is 0 Å². The highest BCUT2D eigenvalue weighted by Gasteiger charge is 2.15. The van der Waals surface area contributed by atoms with E-state index in [2.05, 4.69) is 25.7 Å². The van der Waals surface area contributed by atoms with Crippen LogP contribution in [-0.2, 0) is 0 Å². The van der Waals surface area contributed by atoms with E-state index in [0.717, 1.165) is 0 Å². The Balaban J connectivity index is 1.80. The number of halogens is 2. The van der Waals surface area contributed by atoms with E-state index in [1.54, 1.807) is 18.3 Å². The van der Waals surface area contributed by atoms with Gasteiger partial charge in [-0.1, -0.05) is 11.6 Å². The number of carbonyl (C=O) groups excluding carboxylic acids is 1. The summed E-state index contributed by atoms with van der Waals surface area (Å²) < 4.78 is 15.5.